The Kier molecular flexibility index (Phi) is 7.67. The lowest BCUT2D eigenvalue weighted by atomic mass is 9.81. The lowest BCUT2D eigenvalue weighted by Gasteiger charge is -2.31. The zero-order chi connectivity index (χ0) is 21.2. The Balaban J connectivity index is 1.70. The van der Waals surface area contributed by atoms with Crippen LogP contribution in [0, 0.1) is 23.4 Å². The van der Waals surface area contributed by atoms with Gasteiger partial charge in [0.1, 0.15) is 18.1 Å². The first kappa shape index (κ1) is 21.2. The fourth-order valence-electron chi connectivity index (χ4n) is 3.65. The van der Waals surface area contributed by atoms with Gasteiger partial charge < -0.3 is 14.2 Å². The number of carbonyl (C=O) groups is 2. The molecule has 0 bridgehead atoms. The first-order valence-electron chi connectivity index (χ1n) is 9.98. The van der Waals surface area contributed by atoms with E-state index in [0.29, 0.717) is 18.1 Å². The van der Waals surface area contributed by atoms with Crippen molar-refractivity contribution in [2.24, 2.45) is 11.8 Å². The number of amides is 2. The van der Waals surface area contributed by atoms with Crippen LogP contribution in [0.4, 0.5) is 9.59 Å². The monoisotopic (exact) mass is 408 g/mol. The van der Waals surface area contributed by atoms with Crippen molar-refractivity contribution in [3.8, 4) is 17.8 Å². The molecule has 0 radical (unpaired) electrons. The summed E-state index contributed by atoms with van der Waals surface area (Å²) in [6, 6.07) is 17.2. The second-order valence-corrected chi connectivity index (χ2v) is 7.27. The van der Waals surface area contributed by atoms with Gasteiger partial charge in [0.15, 0.2) is 0 Å². The summed E-state index contributed by atoms with van der Waals surface area (Å²) >= 11 is 0. The summed E-state index contributed by atoms with van der Waals surface area (Å²) in [5, 5.41) is 8.63. The van der Waals surface area contributed by atoms with Gasteiger partial charge in [0, 0.05) is 6.54 Å². The van der Waals surface area contributed by atoms with Gasteiger partial charge in [0.25, 0.3) is 6.26 Å². The molecule has 1 aliphatic carbocycles. The first-order chi connectivity index (χ1) is 14.7. The number of para-hydroxylation sites is 2. The summed E-state index contributed by atoms with van der Waals surface area (Å²) in [5.41, 5.74) is 0. The van der Waals surface area contributed by atoms with E-state index in [1.165, 1.54) is 0 Å². The zero-order valence-corrected chi connectivity index (χ0v) is 16.6. The van der Waals surface area contributed by atoms with E-state index in [4.69, 9.17) is 19.5 Å². The Bertz CT molecular complexity index is 813. The largest absolute Gasteiger partial charge is 0.427 e. The van der Waals surface area contributed by atoms with E-state index in [-0.39, 0.29) is 18.4 Å². The third-order valence-corrected chi connectivity index (χ3v) is 5.05. The molecule has 3 rings (SSSR count). The minimum absolute atomic E-state index is 0.0812. The van der Waals surface area contributed by atoms with Gasteiger partial charge in [-0.3, -0.25) is 0 Å². The van der Waals surface area contributed by atoms with E-state index in [1.54, 1.807) is 54.8 Å². The van der Waals surface area contributed by atoms with Crippen LogP contribution < -0.4 is 9.47 Å². The van der Waals surface area contributed by atoms with E-state index in [1.807, 2.05) is 12.1 Å². The fraction of sp³-hybridized carbons (Fsp3) is 0.348. The molecule has 0 heterocycles. The molecule has 2 aromatic rings. The maximum atomic E-state index is 12.8. The zero-order valence-electron chi connectivity index (χ0n) is 16.6. The molecule has 2 atom stereocenters. The molecule has 1 fully saturated rings. The number of imide groups is 1. The van der Waals surface area contributed by atoms with Gasteiger partial charge in [-0.15, -0.1) is 0 Å². The van der Waals surface area contributed by atoms with Crippen LogP contribution in [-0.4, -0.2) is 30.2 Å². The Morgan fingerprint density at radius 3 is 1.97 bits per heavy atom. The van der Waals surface area contributed by atoms with Gasteiger partial charge in [-0.25, -0.2) is 14.5 Å². The number of nitriles is 1. The average molecular weight is 408 g/mol. The Morgan fingerprint density at radius 1 is 0.900 bits per heavy atom. The van der Waals surface area contributed by atoms with Crippen LogP contribution in [0.3, 0.4) is 0 Å². The molecule has 2 aromatic carbocycles. The van der Waals surface area contributed by atoms with Crippen molar-refractivity contribution < 1.29 is 23.8 Å². The second kappa shape index (κ2) is 10.9. The van der Waals surface area contributed by atoms with Crippen molar-refractivity contribution in [3.05, 3.63) is 60.7 Å². The fourth-order valence-corrected chi connectivity index (χ4v) is 3.65. The van der Waals surface area contributed by atoms with Gasteiger partial charge in [0.2, 0.25) is 0 Å². The van der Waals surface area contributed by atoms with Gasteiger partial charge in [-0.05, 0) is 55.4 Å². The molecule has 0 aromatic heterocycles. The third-order valence-electron chi connectivity index (χ3n) is 5.05. The predicted molar refractivity (Wildman–Crippen MR) is 109 cm³/mol. The van der Waals surface area contributed by atoms with E-state index in [9.17, 15) is 9.59 Å². The van der Waals surface area contributed by atoms with E-state index < -0.39 is 12.2 Å². The highest BCUT2D eigenvalue weighted by Gasteiger charge is 2.31. The summed E-state index contributed by atoms with van der Waals surface area (Å²) in [4.78, 5) is 26.6. The molecule has 156 valence electrons. The van der Waals surface area contributed by atoms with Crippen LogP contribution in [0.5, 0.6) is 11.5 Å². The number of hydrogen-bond donors (Lipinski definition) is 0. The molecule has 1 aliphatic rings. The predicted octanol–water partition coefficient (Wildman–Crippen LogP) is 4.99. The summed E-state index contributed by atoms with van der Waals surface area (Å²) < 4.78 is 15.7. The van der Waals surface area contributed by atoms with Gasteiger partial charge in [-0.2, -0.15) is 5.26 Å². The highest BCUT2D eigenvalue weighted by atomic mass is 16.6. The van der Waals surface area contributed by atoms with Crippen LogP contribution in [0.1, 0.15) is 25.7 Å². The van der Waals surface area contributed by atoms with Crippen molar-refractivity contribution in [1.29, 1.82) is 5.26 Å². The Hall–Kier alpha value is -3.53. The molecule has 0 saturated heterocycles. The van der Waals surface area contributed by atoms with E-state index >= 15 is 0 Å². The molecule has 7 nitrogen and oxygen atoms in total. The average Bonchev–Trinajstić information content (AvgIpc) is 2.77. The van der Waals surface area contributed by atoms with Crippen LogP contribution in [0.25, 0.3) is 0 Å². The Morgan fingerprint density at radius 2 is 1.43 bits per heavy atom. The molecule has 2 amide bonds. The van der Waals surface area contributed by atoms with Crippen molar-refractivity contribution in [1.82, 2.24) is 4.90 Å². The maximum absolute atomic E-state index is 12.8. The Labute approximate surface area is 175 Å². The number of hydrogen-bond acceptors (Lipinski definition) is 6. The first-order valence-corrected chi connectivity index (χ1v) is 9.98. The van der Waals surface area contributed by atoms with Gasteiger partial charge in [0.05, 0.1) is 0 Å². The summed E-state index contributed by atoms with van der Waals surface area (Å²) in [6.07, 6.45) is 3.68. The van der Waals surface area contributed by atoms with E-state index in [2.05, 4.69) is 0 Å². The molecular weight excluding hydrogens is 384 g/mol. The highest BCUT2D eigenvalue weighted by Crippen LogP contribution is 2.30. The van der Waals surface area contributed by atoms with Crippen molar-refractivity contribution in [2.75, 3.05) is 13.2 Å². The van der Waals surface area contributed by atoms with Crippen molar-refractivity contribution in [2.45, 2.75) is 25.7 Å². The third kappa shape index (κ3) is 6.24. The normalized spacial score (nSPS) is 18.0. The number of nitrogens with zero attached hydrogens (tertiary/aromatic N) is 2. The van der Waals surface area contributed by atoms with Crippen LogP contribution >= 0.6 is 0 Å². The molecule has 30 heavy (non-hydrogen) atoms. The molecule has 2 unspecified atom stereocenters. The molecule has 0 N–H and O–H groups in total. The highest BCUT2D eigenvalue weighted by molar-refractivity contribution is 5.89. The smallest absolute Gasteiger partial charge is 0.424 e. The summed E-state index contributed by atoms with van der Waals surface area (Å²) in [6.45, 7) is 0.538. The minimum Gasteiger partial charge on any atom is -0.427 e. The molecule has 0 aliphatic heterocycles. The van der Waals surface area contributed by atoms with Crippen molar-refractivity contribution >= 4 is 12.2 Å². The number of benzene rings is 2. The molecule has 7 heteroatoms. The number of ether oxygens (including phenoxy) is 3. The molecular formula is C23H24N2O5. The number of carbonyl (C=O) groups excluding carboxylic acids is 2. The van der Waals surface area contributed by atoms with Crippen LogP contribution in [0.2, 0.25) is 0 Å². The lowest BCUT2D eigenvalue weighted by Crippen LogP contribution is -2.44. The SMILES string of the molecule is N#COCC1CCCC(CN(C(=O)Oc2ccccc2)C(=O)Oc2ccccc2)C1. The van der Waals surface area contributed by atoms with Crippen molar-refractivity contribution in [3.63, 3.8) is 0 Å². The molecule has 1 saturated carbocycles. The van der Waals surface area contributed by atoms with E-state index in [0.717, 1.165) is 30.6 Å². The van der Waals surface area contributed by atoms with Gasteiger partial charge in [-0.1, -0.05) is 42.8 Å². The lowest BCUT2D eigenvalue weighted by molar-refractivity contribution is 0.106. The topological polar surface area (TPSA) is 88.9 Å². The maximum Gasteiger partial charge on any atom is 0.424 e. The van der Waals surface area contributed by atoms with Crippen LogP contribution in [-0.2, 0) is 4.74 Å². The quantitative estimate of drug-likeness (QED) is 0.626. The molecule has 0 spiro atoms. The van der Waals surface area contributed by atoms with Crippen LogP contribution in [0.15, 0.2) is 60.7 Å². The summed E-state index contributed by atoms with van der Waals surface area (Å²) in [5.74, 6) is 1.01. The van der Waals surface area contributed by atoms with Gasteiger partial charge >= 0.3 is 12.2 Å². The summed E-state index contributed by atoms with van der Waals surface area (Å²) in [7, 11) is 0. The second-order valence-electron chi connectivity index (χ2n) is 7.27. The minimum atomic E-state index is -0.780. The number of rotatable bonds is 6. The standard InChI is InChI=1S/C23H24N2O5/c24-17-28-16-19-9-7-8-18(14-19)15-25(22(26)29-20-10-3-1-4-11-20)23(27)30-21-12-5-2-6-13-21/h1-6,10-13,18-19H,7-9,14-16H2.